The highest BCUT2D eigenvalue weighted by Gasteiger charge is 2.32. The number of hydrogen-bond acceptors (Lipinski definition) is 6. The molecule has 0 spiro atoms. The number of imidazole rings is 1. The monoisotopic (exact) mass is 491 g/mol. The summed E-state index contributed by atoms with van der Waals surface area (Å²) in [5.74, 6) is 3.98. The molecule has 0 saturated carbocycles. The second-order valence-electron chi connectivity index (χ2n) is 8.94. The maximum Gasteiger partial charge on any atom is 0.323 e. The molecular weight excluding hydrogens is 460 g/mol. The van der Waals surface area contributed by atoms with Crippen LogP contribution in [0.3, 0.4) is 0 Å². The van der Waals surface area contributed by atoms with Gasteiger partial charge in [0.1, 0.15) is 11.3 Å². The average Bonchev–Trinajstić information content (AvgIpc) is 3.39. The Morgan fingerprint density at radius 1 is 0.703 bits per heavy atom. The fourth-order valence-electron chi connectivity index (χ4n) is 5.24. The van der Waals surface area contributed by atoms with Crippen molar-refractivity contribution in [3.8, 4) is 0 Å². The van der Waals surface area contributed by atoms with Crippen molar-refractivity contribution < 1.29 is 4.57 Å². The second kappa shape index (κ2) is 9.28. The lowest BCUT2D eigenvalue weighted by Crippen LogP contribution is -2.35. The van der Waals surface area contributed by atoms with Gasteiger partial charge in [-0.3, -0.25) is 0 Å². The fraction of sp³-hybridized carbons (Fsp3) is 0.276. The van der Waals surface area contributed by atoms with Crippen molar-refractivity contribution >= 4 is 51.1 Å². The highest BCUT2D eigenvalue weighted by Crippen LogP contribution is 2.39. The summed E-state index contributed by atoms with van der Waals surface area (Å²) in [6, 6.07) is 16.1. The van der Waals surface area contributed by atoms with Crippen molar-refractivity contribution in [3.05, 3.63) is 72.3 Å². The Bertz CT molecular complexity index is 1580. The number of fused-ring (bicyclic) bond motifs is 4. The topological polar surface area (TPSA) is 66.9 Å². The number of aromatic nitrogens is 6. The maximum atomic E-state index is 4.97. The zero-order valence-electron chi connectivity index (χ0n) is 21.8. The number of hydrogen-bond donors (Lipinski definition) is 0. The first-order chi connectivity index (χ1) is 18.2. The minimum Gasteiger partial charge on any atom is -0.310 e. The van der Waals surface area contributed by atoms with E-state index in [1.807, 2.05) is 48.5 Å². The summed E-state index contributed by atoms with van der Waals surface area (Å²) < 4.78 is 4.48. The normalized spacial score (nSPS) is 13.6. The Hall–Kier alpha value is -4.33. The number of benzene rings is 2. The van der Waals surface area contributed by atoms with Gasteiger partial charge in [-0.2, -0.15) is 0 Å². The first-order valence-electron chi connectivity index (χ1n) is 13.1. The van der Waals surface area contributed by atoms with Crippen LogP contribution >= 0.6 is 0 Å². The molecule has 2 aromatic carbocycles. The van der Waals surface area contributed by atoms with Crippen LogP contribution in [-0.4, -0.2) is 37.6 Å². The molecule has 0 atom stereocenters. The summed E-state index contributed by atoms with van der Waals surface area (Å²) >= 11 is 0. The molecule has 1 aliphatic heterocycles. The van der Waals surface area contributed by atoms with Crippen molar-refractivity contribution in [2.45, 2.75) is 40.8 Å². The van der Waals surface area contributed by atoms with E-state index in [1.54, 1.807) is 0 Å². The van der Waals surface area contributed by atoms with Gasteiger partial charge in [0.05, 0.1) is 24.1 Å². The molecule has 0 fully saturated rings. The Labute approximate surface area is 216 Å². The van der Waals surface area contributed by atoms with Gasteiger partial charge in [-0.1, -0.05) is 35.3 Å². The number of allylic oxidation sites excluding steroid dienone is 2. The molecule has 1 aliphatic rings. The second-order valence-corrected chi connectivity index (χ2v) is 8.94. The van der Waals surface area contributed by atoms with E-state index in [0.29, 0.717) is 0 Å². The summed E-state index contributed by atoms with van der Waals surface area (Å²) in [5, 5.41) is 0. The van der Waals surface area contributed by atoms with Crippen LogP contribution in [0.4, 0.5) is 11.6 Å². The molecule has 4 heterocycles. The molecule has 5 aromatic rings. The quantitative estimate of drug-likeness (QED) is 0.309. The van der Waals surface area contributed by atoms with Gasteiger partial charge in [0.15, 0.2) is 17.2 Å². The molecule has 8 nitrogen and oxygen atoms in total. The summed E-state index contributed by atoms with van der Waals surface area (Å²) in [7, 11) is 0. The van der Waals surface area contributed by atoms with Gasteiger partial charge < -0.3 is 9.80 Å². The van der Waals surface area contributed by atoms with E-state index in [-0.39, 0.29) is 0 Å². The zero-order valence-corrected chi connectivity index (χ0v) is 21.8. The summed E-state index contributed by atoms with van der Waals surface area (Å²) in [5.41, 5.74) is 5.48. The highest BCUT2D eigenvalue weighted by atomic mass is 15.4. The van der Waals surface area contributed by atoms with Crippen LogP contribution in [0.25, 0.3) is 39.4 Å². The predicted octanol–water partition coefficient (Wildman–Crippen LogP) is 5.08. The molecule has 0 unspecified atom stereocenters. The predicted molar refractivity (Wildman–Crippen MR) is 149 cm³/mol. The van der Waals surface area contributed by atoms with E-state index in [0.717, 1.165) is 82.8 Å². The van der Waals surface area contributed by atoms with Crippen LogP contribution in [0.2, 0.25) is 0 Å². The van der Waals surface area contributed by atoms with E-state index < -0.39 is 0 Å². The van der Waals surface area contributed by atoms with E-state index in [4.69, 9.17) is 19.9 Å². The number of para-hydroxylation sites is 4. The summed E-state index contributed by atoms with van der Waals surface area (Å²) in [6.45, 7) is 11.8. The SMILES string of the molecule is CCN1C(=CC=Cc2n(CC)c3nc4ccccc4nc3[n+]2CC)N(CC)c2nc3ccccc3nc21. The van der Waals surface area contributed by atoms with Gasteiger partial charge in [-0.25, -0.2) is 24.1 Å². The van der Waals surface area contributed by atoms with E-state index in [9.17, 15) is 0 Å². The van der Waals surface area contributed by atoms with Gasteiger partial charge in [0.25, 0.3) is 5.65 Å². The van der Waals surface area contributed by atoms with Crippen LogP contribution in [0.1, 0.15) is 33.5 Å². The fourth-order valence-corrected chi connectivity index (χ4v) is 5.24. The number of rotatable bonds is 6. The molecule has 6 rings (SSSR count). The standard InChI is InChI=1S/C29H31N8/c1-5-34-24(35(6-2)27-26(34)30-20-14-9-10-15-21(20)31-27)18-13-19-25-36(7-3)28-29(37(25)8-4)33-23-17-12-11-16-22(23)32-28/h9-19H,5-8H2,1-4H3/q+1. The molecule has 3 aromatic heterocycles. The minimum absolute atomic E-state index is 0.806. The molecule has 37 heavy (non-hydrogen) atoms. The van der Waals surface area contributed by atoms with Crippen LogP contribution in [0, 0.1) is 0 Å². The molecule has 0 N–H and O–H groups in total. The lowest BCUT2D eigenvalue weighted by molar-refractivity contribution is -0.672. The van der Waals surface area contributed by atoms with Crippen LogP contribution in [0.5, 0.6) is 0 Å². The first kappa shape index (κ1) is 23.1. The lowest BCUT2D eigenvalue weighted by atomic mass is 10.3. The maximum absolute atomic E-state index is 4.97. The Morgan fingerprint density at radius 3 is 1.76 bits per heavy atom. The van der Waals surface area contributed by atoms with Gasteiger partial charge in [-0.15, -0.1) is 0 Å². The van der Waals surface area contributed by atoms with E-state index >= 15 is 0 Å². The highest BCUT2D eigenvalue weighted by molar-refractivity contribution is 5.86. The summed E-state index contributed by atoms with van der Waals surface area (Å²) in [6.07, 6.45) is 6.45. The van der Waals surface area contributed by atoms with Crippen molar-refractivity contribution in [1.29, 1.82) is 0 Å². The average molecular weight is 492 g/mol. The van der Waals surface area contributed by atoms with Crippen molar-refractivity contribution in [3.63, 3.8) is 0 Å². The smallest absolute Gasteiger partial charge is 0.310 e. The number of nitrogens with zero attached hydrogens (tertiary/aromatic N) is 8. The van der Waals surface area contributed by atoms with Crippen LogP contribution < -0.4 is 14.4 Å². The minimum atomic E-state index is 0.806. The van der Waals surface area contributed by atoms with Crippen molar-refractivity contribution in [2.75, 3.05) is 22.9 Å². The Morgan fingerprint density at radius 2 is 1.24 bits per heavy atom. The third kappa shape index (κ3) is 3.63. The van der Waals surface area contributed by atoms with Crippen molar-refractivity contribution in [2.24, 2.45) is 0 Å². The molecule has 0 amide bonds. The van der Waals surface area contributed by atoms with Gasteiger partial charge >= 0.3 is 5.65 Å². The molecule has 186 valence electrons. The molecule has 0 bridgehead atoms. The largest absolute Gasteiger partial charge is 0.323 e. The van der Waals surface area contributed by atoms with Crippen LogP contribution in [0.15, 0.2) is 66.5 Å². The molecule has 0 radical (unpaired) electrons. The zero-order chi connectivity index (χ0) is 25.5. The Kier molecular flexibility index (Phi) is 5.79. The molecule has 0 saturated heterocycles. The van der Waals surface area contributed by atoms with Crippen molar-refractivity contribution in [1.82, 2.24) is 24.5 Å². The van der Waals surface area contributed by atoms with Gasteiger partial charge in [0, 0.05) is 19.2 Å². The van der Waals surface area contributed by atoms with Crippen LogP contribution in [-0.2, 0) is 13.1 Å². The first-order valence-corrected chi connectivity index (χ1v) is 13.1. The number of anilines is 2. The van der Waals surface area contributed by atoms with Gasteiger partial charge in [-0.05, 0) is 58.0 Å². The Balaban J connectivity index is 1.45. The number of aryl methyl sites for hydroxylation is 2. The third-order valence-corrected chi connectivity index (χ3v) is 6.95. The molecular formula is C29H31N8+. The third-order valence-electron chi connectivity index (χ3n) is 6.95. The van der Waals surface area contributed by atoms with E-state index in [1.165, 1.54) is 0 Å². The van der Waals surface area contributed by atoms with E-state index in [2.05, 4.69) is 64.9 Å². The van der Waals surface area contributed by atoms with Gasteiger partial charge in [0.2, 0.25) is 5.82 Å². The molecule has 0 aliphatic carbocycles. The summed E-state index contributed by atoms with van der Waals surface area (Å²) in [4.78, 5) is 24.3. The molecule has 8 heteroatoms. The lowest BCUT2D eigenvalue weighted by Gasteiger charge is -2.21.